The maximum absolute atomic E-state index is 12.8. The van der Waals surface area contributed by atoms with Crippen molar-refractivity contribution in [2.24, 2.45) is 4.99 Å². The van der Waals surface area contributed by atoms with Crippen LogP contribution in [-0.2, 0) is 9.53 Å². The van der Waals surface area contributed by atoms with Crippen molar-refractivity contribution in [3.63, 3.8) is 0 Å². The molecule has 1 atom stereocenters. The molecule has 6 nitrogen and oxygen atoms in total. The van der Waals surface area contributed by atoms with E-state index >= 15 is 0 Å². The largest absolute Gasteiger partial charge is 0.497 e. The number of esters is 1. The zero-order chi connectivity index (χ0) is 19.7. The molecule has 0 unspecified atom stereocenters. The van der Waals surface area contributed by atoms with Crippen molar-refractivity contribution in [2.45, 2.75) is 33.7 Å². The number of aromatic nitrogens is 1. The molecule has 0 amide bonds. The van der Waals surface area contributed by atoms with E-state index in [4.69, 9.17) is 14.5 Å². The molecule has 1 aliphatic rings. The number of benzene rings is 1. The molecule has 0 spiro atoms. The van der Waals surface area contributed by atoms with E-state index in [1.165, 1.54) is 15.9 Å². The summed E-state index contributed by atoms with van der Waals surface area (Å²) < 4.78 is 12.6. The summed E-state index contributed by atoms with van der Waals surface area (Å²) in [6, 6.07) is 6.87. The lowest BCUT2D eigenvalue weighted by Gasteiger charge is -2.22. The molecule has 0 aliphatic carbocycles. The maximum Gasteiger partial charge on any atom is 0.338 e. The Hall–Kier alpha value is -2.67. The van der Waals surface area contributed by atoms with Crippen LogP contribution < -0.4 is 19.6 Å². The van der Waals surface area contributed by atoms with Crippen molar-refractivity contribution in [3.05, 3.63) is 55.1 Å². The van der Waals surface area contributed by atoms with E-state index in [-0.39, 0.29) is 12.2 Å². The third kappa shape index (κ3) is 3.35. The quantitative estimate of drug-likeness (QED) is 0.756. The van der Waals surface area contributed by atoms with Gasteiger partial charge in [0.2, 0.25) is 0 Å². The Labute approximate surface area is 161 Å². The van der Waals surface area contributed by atoms with E-state index in [0.29, 0.717) is 20.6 Å². The van der Waals surface area contributed by atoms with Gasteiger partial charge in [-0.05, 0) is 45.4 Å². The van der Waals surface area contributed by atoms with Gasteiger partial charge in [-0.15, -0.1) is 0 Å². The lowest BCUT2D eigenvalue weighted by molar-refractivity contribution is -0.138. The Kier molecular flexibility index (Phi) is 5.32. The number of hydrogen-bond donors (Lipinski definition) is 0. The first-order valence-corrected chi connectivity index (χ1v) is 9.50. The molecule has 2 aromatic rings. The van der Waals surface area contributed by atoms with E-state index in [2.05, 4.69) is 0 Å². The molecule has 27 heavy (non-hydrogen) atoms. The van der Waals surface area contributed by atoms with Gasteiger partial charge in [-0.1, -0.05) is 29.0 Å². The van der Waals surface area contributed by atoms with Gasteiger partial charge in [0.25, 0.3) is 5.56 Å². The summed E-state index contributed by atoms with van der Waals surface area (Å²) in [5.41, 5.74) is 2.56. The van der Waals surface area contributed by atoms with Crippen LogP contribution in [0, 0.1) is 0 Å². The van der Waals surface area contributed by atoms with Gasteiger partial charge in [0.15, 0.2) is 4.80 Å². The van der Waals surface area contributed by atoms with Gasteiger partial charge in [-0.3, -0.25) is 9.36 Å². The van der Waals surface area contributed by atoms with Crippen LogP contribution in [0.5, 0.6) is 5.75 Å². The van der Waals surface area contributed by atoms with Gasteiger partial charge in [0.05, 0.1) is 23.8 Å². The van der Waals surface area contributed by atoms with E-state index in [0.717, 1.165) is 16.9 Å². The van der Waals surface area contributed by atoms with Crippen molar-refractivity contribution in [1.82, 2.24) is 4.57 Å². The zero-order valence-corrected chi connectivity index (χ0v) is 16.8. The topological polar surface area (TPSA) is 69.9 Å². The lowest BCUT2D eigenvalue weighted by atomic mass is 9.96. The Bertz CT molecular complexity index is 1090. The van der Waals surface area contributed by atoms with Crippen LogP contribution in [-0.4, -0.2) is 24.3 Å². The highest BCUT2D eigenvalue weighted by Gasteiger charge is 2.31. The van der Waals surface area contributed by atoms with E-state index in [1.807, 2.05) is 38.1 Å². The minimum absolute atomic E-state index is 0.147. The number of nitrogens with zero attached hydrogens (tertiary/aromatic N) is 2. The molecule has 0 radical (unpaired) electrons. The molecule has 0 saturated heterocycles. The highest BCUT2D eigenvalue weighted by Crippen LogP contribution is 2.33. The number of ether oxygens (including phenoxy) is 2. The predicted molar refractivity (Wildman–Crippen MR) is 105 cm³/mol. The van der Waals surface area contributed by atoms with Gasteiger partial charge in [0.1, 0.15) is 11.8 Å². The van der Waals surface area contributed by atoms with E-state index < -0.39 is 12.0 Å². The molecule has 0 bridgehead atoms. The second-order valence-corrected chi connectivity index (χ2v) is 7.36. The Balaban J connectivity index is 2.29. The summed E-state index contributed by atoms with van der Waals surface area (Å²) in [6.45, 7) is 7.57. The number of fused-ring (bicyclic) bond motifs is 1. The van der Waals surface area contributed by atoms with E-state index in [1.54, 1.807) is 21.0 Å². The fraction of sp³-hybridized carbons (Fsp3) is 0.350. The Morgan fingerprint density at radius 1 is 1.26 bits per heavy atom. The second kappa shape index (κ2) is 7.52. The third-order valence-corrected chi connectivity index (χ3v) is 5.66. The average molecular weight is 386 g/mol. The lowest BCUT2D eigenvalue weighted by Crippen LogP contribution is -2.35. The minimum Gasteiger partial charge on any atom is -0.497 e. The molecule has 7 heteroatoms. The second-order valence-electron chi connectivity index (χ2n) is 6.38. The first kappa shape index (κ1) is 19.1. The Morgan fingerprint density at radius 3 is 2.48 bits per heavy atom. The van der Waals surface area contributed by atoms with Crippen molar-refractivity contribution in [3.8, 4) is 5.75 Å². The average Bonchev–Trinajstić information content (AvgIpc) is 2.99. The molecule has 3 rings (SSSR count). The predicted octanol–water partition coefficient (Wildman–Crippen LogP) is 2.28. The monoisotopic (exact) mass is 386 g/mol. The van der Waals surface area contributed by atoms with Crippen LogP contribution in [0.15, 0.2) is 39.6 Å². The summed E-state index contributed by atoms with van der Waals surface area (Å²) in [7, 11) is 1.60. The van der Waals surface area contributed by atoms with Crippen LogP contribution in [0.2, 0.25) is 0 Å². The fourth-order valence-electron chi connectivity index (χ4n) is 3.05. The van der Waals surface area contributed by atoms with Crippen molar-refractivity contribution in [1.29, 1.82) is 0 Å². The van der Waals surface area contributed by atoms with Crippen LogP contribution in [0.4, 0.5) is 0 Å². The summed E-state index contributed by atoms with van der Waals surface area (Å²) in [4.78, 5) is 30.8. The maximum atomic E-state index is 12.8. The number of carbonyl (C=O) groups is 1. The smallest absolute Gasteiger partial charge is 0.338 e. The third-order valence-electron chi connectivity index (χ3n) is 4.40. The molecule has 1 aromatic heterocycles. The fourth-order valence-corrected chi connectivity index (χ4v) is 4.09. The molecule has 0 fully saturated rings. The molecule has 0 saturated carbocycles. The molecule has 142 valence electrons. The van der Waals surface area contributed by atoms with Gasteiger partial charge in [0, 0.05) is 5.70 Å². The van der Waals surface area contributed by atoms with Crippen LogP contribution in [0.1, 0.15) is 39.3 Å². The molecule has 1 aliphatic heterocycles. The number of rotatable bonds is 4. The summed E-state index contributed by atoms with van der Waals surface area (Å²) >= 11 is 1.34. The molecule has 0 N–H and O–H groups in total. The summed E-state index contributed by atoms with van der Waals surface area (Å²) in [5.74, 6) is 0.265. The highest BCUT2D eigenvalue weighted by atomic mass is 32.1. The van der Waals surface area contributed by atoms with Crippen molar-refractivity contribution < 1.29 is 14.3 Å². The van der Waals surface area contributed by atoms with Gasteiger partial charge in [-0.2, -0.15) is 0 Å². The molecular formula is C20H22N2O4S. The standard InChI is InChI=1S/C20H22N2O4S/c1-6-26-19(24)15-12(4)22-18(23)17(11(2)3)27-20(22)21-16(15)13-7-9-14(25-5)10-8-13/h7-10,16H,6H2,1-5H3/t16-/m0/s1. The number of carbonyl (C=O) groups excluding carboxylic acids is 1. The van der Waals surface area contributed by atoms with Gasteiger partial charge < -0.3 is 9.47 Å². The van der Waals surface area contributed by atoms with E-state index in [9.17, 15) is 9.59 Å². The summed E-state index contributed by atoms with van der Waals surface area (Å²) in [6.07, 6.45) is 0. The summed E-state index contributed by atoms with van der Waals surface area (Å²) in [5, 5.41) is 0. The van der Waals surface area contributed by atoms with Crippen molar-refractivity contribution >= 4 is 28.6 Å². The van der Waals surface area contributed by atoms with Crippen LogP contribution >= 0.6 is 11.3 Å². The van der Waals surface area contributed by atoms with Crippen LogP contribution in [0.25, 0.3) is 11.3 Å². The molecule has 1 aromatic carbocycles. The SMILES string of the molecule is CCOC(=O)C1=C(C)n2c(sc(=C(C)C)c2=O)=N[C@H]1c1ccc(OC)cc1. The first-order chi connectivity index (χ1) is 12.9. The molecular weight excluding hydrogens is 364 g/mol. The zero-order valence-electron chi connectivity index (χ0n) is 16.0. The number of methoxy groups -OCH3 is 1. The van der Waals surface area contributed by atoms with Crippen LogP contribution in [0.3, 0.4) is 0 Å². The minimum atomic E-state index is -0.530. The van der Waals surface area contributed by atoms with Gasteiger partial charge in [-0.25, -0.2) is 9.79 Å². The number of hydrogen-bond acceptors (Lipinski definition) is 6. The van der Waals surface area contributed by atoms with Crippen molar-refractivity contribution in [2.75, 3.05) is 13.7 Å². The number of thiazole rings is 1. The Morgan fingerprint density at radius 2 is 1.93 bits per heavy atom. The highest BCUT2D eigenvalue weighted by molar-refractivity contribution is 7.07. The molecule has 2 heterocycles. The number of allylic oxidation sites excluding steroid dienone is 1. The van der Waals surface area contributed by atoms with Gasteiger partial charge >= 0.3 is 5.97 Å². The normalized spacial score (nSPS) is 15.8. The first-order valence-electron chi connectivity index (χ1n) is 8.68.